The second-order valence-electron chi connectivity index (χ2n) is 8.49. The summed E-state index contributed by atoms with van der Waals surface area (Å²) in [5.74, 6) is 1.54. The SMILES string of the molecule is CC(C)N(C)C1CCC(Nc2ncnc3[nH]cc(C4CCOCC4)c23)CC1. The van der Waals surface area contributed by atoms with Crippen molar-refractivity contribution in [1.82, 2.24) is 19.9 Å². The van der Waals surface area contributed by atoms with E-state index in [9.17, 15) is 0 Å². The van der Waals surface area contributed by atoms with Gasteiger partial charge in [0, 0.05) is 37.5 Å². The van der Waals surface area contributed by atoms with Gasteiger partial charge in [0.2, 0.25) is 0 Å². The number of aromatic nitrogens is 3. The summed E-state index contributed by atoms with van der Waals surface area (Å²) in [7, 11) is 2.26. The molecule has 2 N–H and O–H groups in total. The van der Waals surface area contributed by atoms with Crippen LogP contribution in [0.1, 0.15) is 63.9 Å². The summed E-state index contributed by atoms with van der Waals surface area (Å²) in [5, 5.41) is 4.94. The zero-order valence-electron chi connectivity index (χ0n) is 16.9. The molecule has 0 amide bonds. The van der Waals surface area contributed by atoms with E-state index >= 15 is 0 Å². The van der Waals surface area contributed by atoms with Crippen LogP contribution in [0.5, 0.6) is 0 Å². The molecule has 0 unspecified atom stereocenters. The van der Waals surface area contributed by atoms with Gasteiger partial charge in [-0.15, -0.1) is 0 Å². The highest BCUT2D eigenvalue weighted by molar-refractivity contribution is 5.90. The van der Waals surface area contributed by atoms with Gasteiger partial charge < -0.3 is 19.9 Å². The molecule has 1 saturated carbocycles. The lowest BCUT2D eigenvalue weighted by atomic mass is 9.89. The van der Waals surface area contributed by atoms with Gasteiger partial charge in [-0.2, -0.15) is 0 Å². The number of hydrogen-bond donors (Lipinski definition) is 2. The number of ether oxygens (including phenoxy) is 1. The van der Waals surface area contributed by atoms with E-state index in [1.54, 1.807) is 6.33 Å². The number of fused-ring (bicyclic) bond motifs is 1. The largest absolute Gasteiger partial charge is 0.381 e. The molecule has 148 valence electrons. The average Bonchev–Trinajstić information content (AvgIpc) is 3.14. The van der Waals surface area contributed by atoms with E-state index in [0.717, 1.165) is 37.5 Å². The fourth-order valence-corrected chi connectivity index (χ4v) is 4.67. The molecule has 2 aliphatic rings. The van der Waals surface area contributed by atoms with Crippen LogP contribution in [0, 0.1) is 0 Å². The number of nitrogens with one attached hydrogen (secondary N) is 2. The van der Waals surface area contributed by atoms with Crippen LogP contribution in [-0.4, -0.2) is 58.2 Å². The molecule has 27 heavy (non-hydrogen) atoms. The smallest absolute Gasteiger partial charge is 0.143 e. The van der Waals surface area contributed by atoms with Gasteiger partial charge in [-0.05, 0) is 70.9 Å². The molecule has 2 aromatic rings. The lowest BCUT2D eigenvalue weighted by Crippen LogP contribution is -2.41. The van der Waals surface area contributed by atoms with Crippen LogP contribution in [0.15, 0.2) is 12.5 Å². The molecular weight excluding hydrogens is 338 g/mol. The monoisotopic (exact) mass is 371 g/mol. The van der Waals surface area contributed by atoms with Gasteiger partial charge in [0.15, 0.2) is 0 Å². The van der Waals surface area contributed by atoms with Gasteiger partial charge >= 0.3 is 0 Å². The highest BCUT2D eigenvalue weighted by Gasteiger charge is 2.27. The van der Waals surface area contributed by atoms with Gasteiger partial charge in [0.05, 0.1) is 5.39 Å². The molecular formula is C21H33N5O. The third-order valence-electron chi connectivity index (χ3n) is 6.59. The Morgan fingerprint density at radius 1 is 1.11 bits per heavy atom. The maximum Gasteiger partial charge on any atom is 0.143 e. The summed E-state index contributed by atoms with van der Waals surface area (Å²) in [6.45, 7) is 6.26. The van der Waals surface area contributed by atoms with E-state index < -0.39 is 0 Å². The van der Waals surface area contributed by atoms with Gasteiger partial charge in [0.1, 0.15) is 17.8 Å². The van der Waals surface area contributed by atoms with Gasteiger partial charge in [-0.1, -0.05) is 0 Å². The second-order valence-corrected chi connectivity index (χ2v) is 8.49. The Hall–Kier alpha value is -1.66. The molecule has 3 heterocycles. The zero-order valence-corrected chi connectivity index (χ0v) is 16.9. The van der Waals surface area contributed by atoms with E-state index in [2.05, 4.69) is 52.3 Å². The highest BCUT2D eigenvalue weighted by atomic mass is 16.5. The summed E-state index contributed by atoms with van der Waals surface area (Å²) in [6, 6.07) is 1.82. The van der Waals surface area contributed by atoms with Crippen LogP contribution in [0.2, 0.25) is 0 Å². The first-order valence-electron chi connectivity index (χ1n) is 10.5. The summed E-state index contributed by atoms with van der Waals surface area (Å²) < 4.78 is 5.55. The van der Waals surface area contributed by atoms with Gasteiger partial charge in [-0.3, -0.25) is 0 Å². The molecule has 2 aromatic heterocycles. The number of H-pyrrole nitrogens is 1. The Bertz CT molecular complexity index is 744. The molecule has 2 fully saturated rings. The number of rotatable bonds is 5. The number of aromatic amines is 1. The van der Waals surface area contributed by atoms with Crippen LogP contribution in [0.3, 0.4) is 0 Å². The first kappa shape index (κ1) is 18.7. The first-order chi connectivity index (χ1) is 13.1. The predicted octanol–water partition coefficient (Wildman–Crippen LogP) is 3.92. The Kier molecular flexibility index (Phi) is 5.64. The molecule has 0 radical (unpaired) electrons. The highest BCUT2D eigenvalue weighted by Crippen LogP contribution is 2.35. The summed E-state index contributed by atoms with van der Waals surface area (Å²) in [5.41, 5.74) is 2.30. The van der Waals surface area contributed by atoms with Crippen LogP contribution < -0.4 is 5.32 Å². The maximum absolute atomic E-state index is 5.55. The lowest BCUT2D eigenvalue weighted by Gasteiger charge is -2.37. The fourth-order valence-electron chi connectivity index (χ4n) is 4.67. The standard InChI is InChI=1S/C21H33N5O/c1-14(2)26(3)17-6-4-16(5-7-17)25-21-19-18(15-8-10-27-11-9-15)12-22-20(19)23-13-24-21/h12-17H,4-11H2,1-3H3,(H2,22,23,24,25). The van der Waals surface area contributed by atoms with E-state index in [1.165, 1.54) is 36.6 Å². The second kappa shape index (κ2) is 8.15. The summed E-state index contributed by atoms with van der Waals surface area (Å²) in [6.07, 6.45) is 10.9. The van der Waals surface area contributed by atoms with Crippen molar-refractivity contribution in [3.63, 3.8) is 0 Å². The van der Waals surface area contributed by atoms with E-state index in [1.807, 2.05) is 0 Å². The van der Waals surface area contributed by atoms with Gasteiger partial charge in [0.25, 0.3) is 0 Å². The predicted molar refractivity (Wildman–Crippen MR) is 109 cm³/mol. The first-order valence-corrected chi connectivity index (χ1v) is 10.5. The molecule has 0 bridgehead atoms. The molecule has 1 aliphatic carbocycles. The normalized spacial score (nSPS) is 24.8. The average molecular weight is 372 g/mol. The Balaban J connectivity index is 1.49. The molecule has 6 nitrogen and oxygen atoms in total. The number of nitrogens with zero attached hydrogens (tertiary/aromatic N) is 3. The van der Waals surface area contributed by atoms with Gasteiger partial charge in [-0.25, -0.2) is 9.97 Å². The Morgan fingerprint density at radius 2 is 1.85 bits per heavy atom. The zero-order chi connectivity index (χ0) is 18.8. The van der Waals surface area contributed by atoms with Crippen molar-refractivity contribution in [2.75, 3.05) is 25.6 Å². The molecule has 1 aliphatic heterocycles. The minimum atomic E-state index is 0.498. The van der Waals surface area contributed by atoms with Crippen molar-refractivity contribution in [2.45, 2.75) is 76.4 Å². The van der Waals surface area contributed by atoms with Crippen molar-refractivity contribution in [2.24, 2.45) is 0 Å². The number of anilines is 1. The fraction of sp³-hybridized carbons (Fsp3) is 0.714. The van der Waals surface area contributed by atoms with Crippen molar-refractivity contribution < 1.29 is 4.74 Å². The van der Waals surface area contributed by atoms with Crippen molar-refractivity contribution in [3.8, 4) is 0 Å². The topological polar surface area (TPSA) is 66.1 Å². The lowest BCUT2D eigenvalue weighted by molar-refractivity contribution is 0.0856. The van der Waals surface area contributed by atoms with Crippen LogP contribution in [0.25, 0.3) is 11.0 Å². The third kappa shape index (κ3) is 3.97. The molecule has 0 spiro atoms. The van der Waals surface area contributed by atoms with Crippen LogP contribution >= 0.6 is 0 Å². The minimum Gasteiger partial charge on any atom is -0.381 e. The Labute approximate surface area is 162 Å². The number of hydrogen-bond acceptors (Lipinski definition) is 5. The molecule has 1 saturated heterocycles. The Morgan fingerprint density at radius 3 is 2.56 bits per heavy atom. The maximum atomic E-state index is 5.55. The molecule has 0 atom stereocenters. The third-order valence-corrected chi connectivity index (χ3v) is 6.59. The summed E-state index contributed by atoms with van der Waals surface area (Å²) >= 11 is 0. The van der Waals surface area contributed by atoms with Crippen molar-refractivity contribution in [3.05, 3.63) is 18.1 Å². The van der Waals surface area contributed by atoms with Crippen molar-refractivity contribution in [1.29, 1.82) is 0 Å². The minimum absolute atomic E-state index is 0.498. The van der Waals surface area contributed by atoms with E-state index in [-0.39, 0.29) is 0 Å². The molecule has 4 rings (SSSR count). The van der Waals surface area contributed by atoms with Crippen LogP contribution in [-0.2, 0) is 4.74 Å². The molecule has 0 aromatic carbocycles. The van der Waals surface area contributed by atoms with Crippen molar-refractivity contribution >= 4 is 16.9 Å². The summed E-state index contributed by atoms with van der Waals surface area (Å²) in [4.78, 5) is 15.0. The molecule has 6 heteroatoms. The van der Waals surface area contributed by atoms with Crippen LogP contribution in [0.4, 0.5) is 5.82 Å². The van der Waals surface area contributed by atoms with E-state index in [4.69, 9.17) is 4.74 Å². The van der Waals surface area contributed by atoms with E-state index in [0.29, 0.717) is 24.0 Å². The quantitative estimate of drug-likeness (QED) is 0.834.